The molecule has 2 aliphatic carbocycles. The highest BCUT2D eigenvalue weighted by molar-refractivity contribution is 5.82. The van der Waals surface area contributed by atoms with Crippen LogP contribution < -0.4 is 0 Å². The molecular weight excluding hydrogens is 319 g/mol. The van der Waals surface area contributed by atoms with Crippen LogP contribution in [0.5, 0.6) is 0 Å². The van der Waals surface area contributed by atoms with Crippen LogP contribution in [0.25, 0.3) is 11.3 Å². The molecule has 2 fully saturated rings. The Morgan fingerprint density at radius 2 is 1.96 bits per heavy atom. The highest BCUT2D eigenvalue weighted by Gasteiger charge is 2.45. The van der Waals surface area contributed by atoms with Crippen molar-refractivity contribution in [1.29, 1.82) is 0 Å². The van der Waals surface area contributed by atoms with Gasteiger partial charge in [-0.25, -0.2) is 0 Å². The molecule has 0 bridgehead atoms. The van der Waals surface area contributed by atoms with Gasteiger partial charge in [-0.15, -0.1) is 0 Å². The Hall–Kier alpha value is -2.18. The minimum absolute atomic E-state index is 0.368. The molecule has 4 rings (SSSR count). The first kappa shape index (κ1) is 16.7. The molecule has 0 amide bonds. The molecule has 128 valence electrons. The van der Waals surface area contributed by atoms with E-state index in [0.717, 1.165) is 36.9 Å². The molecule has 0 saturated heterocycles. The van der Waals surface area contributed by atoms with Gasteiger partial charge in [0, 0.05) is 43.5 Å². The number of Topliss-reactive ketones (excluding diaryl/α,β-unsaturated/α-hetero) is 1. The van der Waals surface area contributed by atoms with Crippen LogP contribution in [0.3, 0.4) is 0 Å². The maximum atomic E-state index is 12.5. The number of nitrogens with zero attached hydrogens (tertiary/aromatic N) is 3. The van der Waals surface area contributed by atoms with Gasteiger partial charge in [-0.3, -0.25) is 14.5 Å². The zero-order valence-corrected chi connectivity index (χ0v) is 13.3. The van der Waals surface area contributed by atoms with Crippen molar-refractivity contribution in [2.24, 2.45) is 11.8 Å². The summed E-state index contributed by atoms with van der Waals surface area (Å²) in [6, 6.07) is 2.72. The maximum Gasteiger partial charge on any atom is 0.417 e. The summed E-state index contributed by atoms with van der Waals surface area (Å²) in [6.07, 6.45) is 2.69. The Morgan fingerprint density at radius 1 is 1.25 bits per heavy atom. The van der Waals surface area contributed by atoms with E-state index in [4.69, 9.17) is 0 Å². The Bertz CT molecular complexity index is 727. The Morgan fingerprint density at radius 3 is 2.46 bits per heavy atom. The summed E-state index contributed by atoms with van der Waals surface area (Å²) >= 11 is 0. The highest BCUT2D eigenvalue weighted by Crippen LogP contribution is 2.49. The molecular formula is C17H18F3N3O. The van der Waals surface area contributed by atoms with E-state index in [-0.39, 0.29) is 0 Å². The summed E-state index contributed by atoms with van der Waals surface area (Å²) in [4.78, 5) is 14.1. The first-order valence-electron chi connectivity index (χ1n) is 7.94. The number of hydrogen-bond donors (Lipinski definition) is 0. The van der Waals surface area contributed by atoms with Crippen LogP contribution in [0, 0.1) is 11.8 Å². The van der Waals surface area contributed by atoms with Crippen LogP contribution in [0.15, 0.2) is 30.7 Å². The van der Waals surface area contributed by atoms with Crippen molar-refractivity contribution < 1.29 is 18.0 Å². The number of ketones is 1. The van der Waals surface area contributed by atoms with Crippen molar-refractivity contribution in [3.05, 3.63) is 36.3 Å². The summed E-state index contributed by atoms with van der Waals surface area (Å²) in [5.41, 5.74) is 0.0959. The van der Waals surface area contributed by atoms with E-state index in [1.807, 2.05) is 6.92 Å². The summed E-state index contributed by atoms with van der Waals surface area (Å²) < 4.78 is 39.1. The molecule has 0 aliphatic heterocycles. The number of aryl methyl sites for hydroxylation is 1. The van der Waals surface area contributed by atoms with Gasteiger partial charge >= 0.3 is 6.18 Å². The zero-order valence-electron chi connectivity index (χ0n) is 13.3. The number of carbonyl (C=O) groups excluding carboxylic acids is 1. The van der Waals surface area contributed by atoms with Crippen LogP contribution in [0.2, 0.25) is 0 Å². The van der Waals surface area contributed by atoms with Crippen LogP contribution in [0.4, 0.5) is 13.2 Å². The maximum absolute atomic E-state index is 12.5. The van der Waals surface area contributed by atoms with Crippen LogP contribution in [0.1, 0.15) is 31.7 Å². The number of rotatable bonds is 2. The lowest BCUT2D eigenvalue weighted by Crippen LogP contribution is -2.05. The van der Waals surface area contributed by atoms with Gasteiger partial charge in [0.25, 0.3) is 0 Å². The smallest absolute Gasteiger partial charge is 0.300 e. The van der Waals surface area contributed by atoms with Crippen LogP contribution in [-0.4, -0.2) is 20.5 Å². The lowest BCUT2D eigenvalue weighted by atomic mass is 10.1. The predicted octanol–water partition coefficient (Wildman–Crippen LogP) is 3.97. The number of halogens is 3. The second-order valence-corrected chi connectivity index (χ2v) is 6.22. The van der Waals surface area contributed by atoms with Crippen molar-refractivity contribution in [3.63, 3.8) is 0 Å². The van der Waals surface area contributed by atoms with E-state index in [2.05, 4.69) is 10.1 Å². The van der Waals surface area contributed by atoms with E-state index < -0.39 is 11.7 Å². The predicted molar refractivity (Wildman–Crippen MR) is 82.0 cm³/mol. The molecule has 0 unspecified atom stereocenters. The Kier molecular flexibility index (Phi) is 4.43. The van der Waals surface area contributed by atoms with Crippen molar-refractivity contribution in [2.45, 2.75) is 38.9 Å². The largest absolute Gasteiger partial charge is 0.417 e. The number of pyridine rings is 1. The van der Waals surface area contributed by atoms with Gasteiger partial charge in [0.15, 0.2) is 0 Å². The quantitative estimate of drug-likeness (QED) is 0.833. The first-order chi connectivity index (χ1) is 11.4. The normalized spacial score (nSPS) is 21.9. The SMILES string of the molecule is CCn1ccc(-c2cncc(C(F)(F)F)c2)n1.O=C1C[C@@H]2C[C@@H]2C1. The lowest BCUT2D eigenvalue weighted by molar-refractivity contribution is -0.137. The molecule has 24 heavy (non-hydrogen) atoms. The van der Waals surface area contributed by atoms with Gasteiger partial charge in [0.2, 0.25) is 0 Å². The van der Waals surface area contributed by atoms with E-state index in [1.165, 1.54) is 12.6 Å². The number of fused-ring (bicyclic) bond motifs is 1. The summed E-state index contributed by atoms with van der Waals surface area (Å²) in [6.45, 7) is 2.58. The standard InChI is InChI=1S/C11H10F3N3.C6H8O/c1-2-17-4-3-10(16-17)8-5-9(7-15-6-8)11(12,13)14;7-6-2-4-1-5(4)3-6/h3-7H,2H2,1H3;4-5H,1-3H2/t;4-,5+. The summed E-state index contributed by atoms with van der Waals surface area (Å²) in [7, 11) is 0. The second kappa shape index (κ2) is 6.37. The van der Waals surface area contributed by atoms with E-state index in [1.54, 1.807) is 16.9 Å². The van der Waals surface area contributed by atoms with Crippen LogP contribution in [-0.2, 0) is 17.5 Å². The molecule has 0 aromatic carbocycles. The molecule has 4 nitrogen and oxygen atoms in total. The molecule has 2 aliphatic rings. The third kappa shape index (κ3) is 3.83. The number of aromatic nitrogens is 3. The van der Waals surface area contributed by atoms with Gasteiger partial charge in [-0.05, 0) is 37.3 Å². The third-order valence-electron chi connectivity index (χ3n) is 4.37. The molecule has 2 saturated carbocycles. The van der Waals surface area contributed by atoms with Crippen molar-refractivity contribution in [3.8, 4) is 11.3 Å². The van der Waals surface area contributed by atoms with Gasteiger partial charge in [-0.2, -0.15) is 18.3 Å². The fraction of sp³-hybridized carbons (Fsp3) is 0.471. The van der Waals surface area contributed by atoms with E-state index in [9.17, 15) is 18.0 Å². The summed E-state index contributed by atoms with van der Waals surface area (Å²) in [5, 5.41) is 4.13. The first-order valence-corrected chi connectivity index (χ1v) is 7.94. The van der Waals surface area contributed by atoms with Gasteiger partial charge in [0.05, 0.1) is 11.3 Å². The molecule has 2 aromatic heterocycles. The monoisotopic (exact) mass is 337 g/mol. The minimum atomic E-state index is -4.38. The van der Waals surface area contributed by atoms with Crippen molar-refractivity contribution in [1.82, 2.24) is 14.8 Å². The number of hydrogen-bond acceptors (Lipinski definition) is 3. The molecule has 0 spiro atoms. The third-order valence-corrected chi connectivity index (χ3v) is 4.37. The highest BCUT2D eigenvalue weighted by atomic mass is 19.4. The van der Waals surface area contributed by atoms with E-state index >= 15 is 0 Å². The van der Waals surface area contributed by atoms with Gasteiger partial charge in [0.1, 0.15) is 5.78 Å². The number of carbonyl (C=O) groups is 1. The minimum Gasteiger partial charge on any atom is -0.300 e. The summed E-state index contributed by atoms with van der Waals surface area (Å²) in [5.74, 6) is 2.18. The van der Waals surface area contributed by atoms with Crippen molar-refractivity contribution in [2.75, 3.05) is 0 Å². The van der Waals surface area contributed by atoms with Crippen LogP contribution >= 0.6 is 0 Å². The molecule has 2 atom stereocenters. The number of alkyl halides is 3. The fourth-order valence-corrected chi connectivity index (χ4v) is 2.91. The molecule has 0 radical (unpaired) electrons. The van der Waals surface area contributed by atoms with Gasteiger partial charge < -0.3 is 0 Å². The topological polar surface area (TPSA) is 47.8 Å². The molecule has 7 heteroatoms. The van der Waals surface area contributed by atoms with Crippen molar-refractivity contribution >= 4 is 5.78 Å². The molecule has 0 N–H and O–H groups in total. The lowest BCUT2D eigenvalue weighted by Gasteiger charge is -2.06. The fourth-order valence-electron chi connectivity index (χ4n) is 2.91. The Balaban J connectivity index is 0.000000198. The second-order valence-electron chi connectivity index (χ2n) is 6.22. The average molecular weight is 337 g/mol. The Labute approximate surface area is 137 Å². The molecule has 2 aromatic rings. The van der Waals surface area contributed by atoms with Gasteiger partial charge in [-0.1, -0.05) is 0 Å². The average Bonchev–Trinajstić information content (AvgIpc) is 2.98. The van der Waals surface area contributed by atoms with E-state index in [0.29, 0.717) is 23.6 Å². The molecule has 2 heterocycles. The zero-order chi connectivity index (χ0) is 17.3.